The topological polar surface area (TPSA) is 67.4 Å². The molecule has 2 amide bonds. The van der Waals surface area contributed by atoms with E-state index in [1.54, 1.807) is 31.3 Å². The molecule has 0 unspecified atom stereocenters. The Balaban J connectivity index is 1.88. The molecule has 5 heteroatoms. The first-order chi connectivity index (χ1) is 12.6. The smallest absolute Gasteiger partial charge is 0.257 e. The van der Waals surface area contributed by atoms with Gasteiger partial charge in [-0.15, -0.1) is 0 Å². The number of rotatable bonds is 9. The fourth-order valence-electron chi connectivity index (χ4n) is 2.48. The highest BCUT2D eigenvalue weighted by Crippen LogP contribution is 2.18. The second-order valence-corrected chi connectivity index (χ2v) is 6.13. The maximum absolute atomic E-state index is 12.2. The van der Waals surface area contributed by atoms with Gasteiger partial charge in [-0.05, 0) is 36.1 Å². The van der Waals surface area contributed by atoms with Crippen LogP contribution >= 0.6 is 0 Å². The molecule has 0 saturated heterocycles. The van der Waals surface area contributed by atoms with Crippen LogP contribution in [0, 0.1) is 0 Å². The summed E-state index contributed by atoms with van der Waals surface area (Å²) in [6.07, 6.45) is 3.75. The van der Waals surface area contributed by atoms with Gasteiger partial charge in [-0.2, -0.15) is 0 Å². The van der Waals surface area contributed by atoms with E-state index in [1.165, 1.54) is 18.4 Å². The van der Waals surface area contributed by atoms with Crippen LogP contribution in [-0.4, -0.2) is 25.5 Å². The fourth-order valence-corrected chi connectivity index (χ4v) is 2.48. The highest BCUT2D eigenvalue weighted by Gasteiger charge is 2.06. The van der Waals surface area contributed by atoms with Crippen LogP contribution in [0.5, 0.6) is 5.75 Å². The zero-order valence-corrected chi connectivity index (χ0v) is 15.4. The molecule has 26 heavy (non-hydrogen) atoms. The first kappa shape index (κ1) is 19.5. The Kier molecular flexibility index (Phi) is 7.68. The molecule has 0 aromatic heterocycles. The second-order valence-electron chi connectivity index (χ2n) is 6.13. The van der Waals surface area contributed by atoms with Gasteiger partial charge in [-0.3, -0.25) is 9.59 Å². The molecule has 2 N–H and O–H groups in total. The minimum Gasteiger partial charge on any atom is -0.484 e. The number of hydrogen-bond donors (Lipinski definition) is 2. The number of benzene rings is 2. The lowest BCUT2D eigenvalue weighted by atomic mass is 10.0. The third-order valence-corrected chi connectivity index (χ3v) is 3.97. The minimum absolute atomic E-state index is 0.0573. The number of carbonyl (C=O) groups is 2. The van der Waals surface area contributed by atoms with Crippen molar-refractivity contribution in [3.63, 3.8) is 0 Å². The molecule has 0 spiro atoms. The number of nitrogens with one attached hydrogen (secondary N) is 2. The van der Waals surface area contributed by atoms with Crippen molar-refractivity contribution >= 4 is 17.5 Å². The van der Waals surface area contributed by atoms with E-state index < -0.39 is 0 Å². The van der Waals surface area contributed by atoms with Crippen LogP contribution in [0.4, 0.5) is 5.69 Å². The number of hydrogen-bond acceptors (Lipinski definition) is 3. The SMILES string of the molecule is CCCCc1ccc(CC(=O)Nc2cccc(OCC(=O)NC)c2)cc1. The van der Waals surface area contributed by atoms with Gasteiger partial charge in [0.15, 0.2) is 6.61 Å². The standard InChI is InChI=1S/C21H26N2O3/c1-3-4-6-16-9-11-17(12-10-16)13-20(24)23-18-7-5-8-19(14-18)26-15-21(25)22-2/h5,7-12,14H,3-4,6,13,15H2,1-2H3,(H,22,25)(H,23,24). The van der Waals surface area contributed by atoms with Gasteiger partial charge in [0.05, 0.1) is 6.42 Å². The Morgan fingerprint density at radius 3 is 2.42 bits per heavy atom. The lowest BCUT2D eigenvalue weighted by Crippen LogP contribution is -2.24. The predicted octanol–water partition coefficient (Wildman–Crippen LogP) is 3.34. The Hall–Kier alpha value is -2.82. The number of unbranched alkanes of at least 4 members (excludes halogenated alkanes) is 1. The van der Waals surface area contributed by atoms with Crippen LogP contribution in [0.15, 0.2) is 48.5 Å². The van der Waals surface area contributed by atoms with E-state index in [2.05, 4.69) is 29.7 Å². The molecule has 0 atom stereocenters. The lowest BCUT2D eigenvalue weighted by molar-refractivity contribution is -0.122. The van der Waals surface area contributed by atoms with Gasteiger partial charge in [0.25, 0.3) is 5.91 Å². The quantitative estimate of drug-likeness (QED) is 0.726. The first-order valence-electron chi connectivity index (χ1n) is 8.92. The van der Waals surface area contributed by atoms with Crippen molar-refractivity contribution in [2.24, 2.45) is 0 Å². The average Bonchev–Trinajstić information content (AvgIpc) is 2.65. The number of carbonyl (C=O) groups excluding carboxylic acids is 2. The summed E-state index contributed by atoms with van der Waals surface area (Å²) in [6, 6.07) is 15.2. The zero-order chi connectivity index (χ0) is 18.8. The summed E-state index contributed by atoms with van der Waals surface area (Å²) < 4.78 is 5.38. The van der Waals surface area contributed by atoms with E-state index >= 15 is 0 Å². The molecule has 2 aromatic carbocycles. The van der Waals surface area contributed by atoms with E-state index in [0.717, 1.165) is 12.0 Å². The minimum atomic E-state index is -0.207. The molecule has 138 valence electrons. The molecule has 0 aliphatic heterocycles. The molecule has 0 radical (unpaired) electrons. The number of ether oxygens (including phenoxy) is 1. The summed E-state index contributed by atoms with van der Waals surface area (Å²) in [5.74, 6) is 0.239. The van der Waals surface area contributed by atoms with Gasteiger partial charge < -0.3 is 15.4 Å². The first-order valence-corrected chi connectivity index (χ1v) is 8.92. The van der Waals surface area contributed by atoms with Crippen LogP contribution < -0.4 is 15.4 Å². The third kappa shape index (κ3) is 6.59. The number of amides is 2. The molecule has 0 fully saturated rings. The molecule has 0 saturated carbocycles. The van der Waals surface area contributed by atoms with Crippen LogP contribution in [0.2, 0.25) is 0 Å². The van der Waals surface area contributed by atoms with Crippen molar-refractivity contribution in [3.8, 4) is 5.75 Å². The van der Waals surface area contributed by atoms with Gasteiger partial charge in [0.2, 0.25) is 5.91 Å². The molecular weight excluding hydrogens is 328 g/mol. The Bertz CT molecular complexity index is 726. The van der Waals surface area contributed by atoms with Crippen LogP contribution in [-0.2, 0) is 22.4 Å². The van der Waals surface area contributed by atoms with E-state index in [4.69, 9.17) is 4.74 Å². The van der Waals surface area contributed by atoms with Crippen LogP contribution in [0.3, 0.4) is 0 Å². The Morgan fingerprint density at radius 2 is 1.73 bits per heavy atom. The Labute approximate surface area is 154 Å². The Morgan fingerprint density at radius 1 is 1.00 bits per heavy atom. The largest absolute Gasteiger partial charge is 0.484 e. The molecule has 0 bridgehead atoms. The monoisotopic (exact) mass is 354 g/mol. The van der Waals surface area contributed by atoms with Crippen molar-refractivity contribution in [3.05, 3.63) is 59.7 Å². The highest BCUT2D eigenvalue weighted by atomic mass is 16.5. The zero-order valence-electron chi connectivity index (χ0n) is 15.4. The predicted molar refractivity (Wildman–Crippen MR) is 103 cm³/mol. The maximum atomic E-state index is 12.2. The molecular formula is C21H26N2O3. The van der Waals surface area contributed by atoms with Crippen LogP contribution in [0.1, 0.15) is 30.9 Å². The number of likely N-dealkylation sites (N-methyl/N-ethyl adjacent to an activating group) is 1. The van der Waals surface area contributed by atoms with Gasteiger partial charge in [0.1, 0.15) is 5.75 Å². The highest BCUT2D eigenvalue weighted by molar-refractivity contribution is 5.92. The molecule has 0 aliphatic carbocycles. The molecule has 0 heterocycles. The number of aryl methyl sites for hydroxylation is 1. The summed E-state index contributed by atoms with van der Waals surface area (Å²) in [6.45, 7) is 2.12. The normalized spacial score (nSPS) is 10.2. The van der Waals surface area contributed by atoms with E-state index in [9.17, 15) is 9.59 Å². The van der Waals surface area contributed by atoms with E-state index in [0.29, 0.717) is 17.9 Å². The summed E-state index contributed by atoms with van der Waals surface area (Å²) in [4.78, 5) is 23.5. The van der Waals surface area contributed by atoms with Crippen molar-refractivity contribution in [2.75, 3.05) is 19.0 Å². The second kappa shape index (κ2) is 10.2. The molecule has 2 aromatic rings. The maximum Gasteiger partial charge on any atom is 0.257 e. The summed E-state index contributed by atoms with van der Waals surface area (Å²) in [5, 5.41) is 5.35. The molecule has 2 rings (SSSR count). The number of anilines is 1. The summed E-state index contributed by atoms with van der Waals surface area (Å²) >= 11 is 0. The molecule has 5 nitrogen and oxygen atoms in total. The van der Waals surface area contributed by atoms with E-state index in [-0.39, 0.29) is 18.4 Å². The summed E-state index contributed by atoms with van der Waals surface area (Å²) in [5.41, 5.74) is 2.93. The van der Waals surface area contributed by atoms with Crippen molar-refractivity contribution in [1.82, 2.24) is 5.32 Å². The van der Waals surface area contributed by atoms with E-state index in [1.807, 2.05) is 12.1 Å². The average molecular weight is 354 g/mol. The van der Waals surface area contributed by atoms with Crippen molar-refractivity contribution in [2.45, 2.75) is 32.6 Å². The fraction of sp³-hybridized carbons (Fsp3) is 0.333. The van der Waals surface area contributed by atoms with Crippen molar-refractivity contribution in [1.29, 1.82) is 0 Å². The van der Waals surface area contributed by atoms with Gasteiger partial charge >= 0.3 is 0 Å². The third-order valence-electron chi connectivity index (χ3n) is 3.97. The van der Waals surface area contributed by atoms with Gasteiger partial charge in [-0.1, -0.05) is 43.7 Å². The summed E-state index contributed by atoms with van der Waals surface area (Å²) in [7, 11) is 1.55. The molecule has 0 aliphatic rings. The van der Waals surface area contributed by atoms with Gasteiger partial charge in [0, 0.05) is 18.8 Å². The van der Waals surface area contributed by atoms with Crippen molar-refractivity contribution < 1.29 is 14.3 Å². The van der Waals surface area contributed by atoms with Gasteiger partial charge in [-0.25, -0.2) is 0 Å². The lowest BCUT2D eigenvalue weighted by Gasteiger charge is -2.09. The van der Waals surface area contributed by atoms with Crippen LogP contribution in [0.25, 0.3) is 0 Å².